The van der Waals surface area contributed by atoms with E-state index in [2.05, 4.69) is 0 Å². The molecule has 1 rings (SSSR count). The van der Waals surface area contributed by atoms with Crippen molar-refractivity contribution in [3.63, 3.8) is 0 Å². The fourth-order valence-corrected chi connectivity index (χ4v) is 1.68. The highest BCUT2D eigenvalue weighted by Crippen LogP contribution is 2.10. The maximum Gasteiger partial charge on any atom is 0.225 e. The monoisotopic (exact) mass is 235 g/mol. The Morgan fingerprint density at radius 1 is 1.35 bits per heavy atom. The average molecular weight is 235 g/mol. The fourth-order valence-electron chi connectivity index (χ4n) is 1.68. The molecular formula is C14H21NO2. The van der Waals surface area contributed by atoms with Gasteiger partial charge in [0.25, 0.3) is 0 Å². The number of carbonyl (C=O) groups excluding carboxylic acids is 1. The number of amides is 1. The normalized spacial score (nSPS) is 12.2. The van der Waals surface area contributed by atoms with Crippen LogP contribution in [0.15, 0.2) is 30.3 Å². The molecule has 94 valence electrons. The summed E-state index contributed by atoms with van der Waals surface area (Å²) < 4.78 is 0. The molecule has 1 N–H and O–H groups in total. The first-order chi connectivity index (χ1) is 8.19. The molecule has 1 aromatic rings. The molecule has 0 bridgehead atoms. The summed E-state index contributed by atoms with van der Waals surface area (Å²) >= 11 is 0. The van der Waals surface area contributed by atoms with Crippen LogP contribution in [-0.2, 0) is 11.3 Å². The average Bonchev–Trinajstić information content (AvgIpc) is 2.37. The maximum atomic E-state index is 12.1. The van der Waals surface area contributed by atoms with Gasteiger partial charge < -0.3 is 10.0 Å². The summed E-state index contributed by atoms with van der Waals surface area (Å²) in [6.07, 6.45) is 0.829. The number of aliphatic hydroxyl groups excluding tert-OH is 1. The SMILES string of the molecule is CC[C@@H](C)C(=O)N(CCO)Cc1ccccc1. The Morgan fingerprint density at radius 2 is 2.00 bits per heavy atom. The van der Waals surface area contributed by atoms with E-state index >= 15 is 0 Å². The van der Waals surface area contributed by atoms with Crippen molar-refractivity contribution in [3.8, 4) is 0 Å². The lowest BCUT2D eigenvalue weighted by molar-refractivity contribution is -0.136. The van der Waals surface area contributed by atoms with Crippen LogP contribution in [0.2, 0.25) is 0 Å². The number of hydrogen-bond acceptors (Lipinski definition) is 2. The van der Waals surface area contributed by atoms with E-state index in [0.717, 1.165) is 12.0 Å². The molecule has 0 unspecified atom stereocenters. The van der Waals surface area contributed by atoms with Gasteiger partial charge in [-0.2, -0.15) is 0 Å². The number of benzene rings is 1. The molecule has 0 aliphatic rings. The molecule has 17 heavy (non-hydrogen) atoms. The number of hydrogen-bond donors (Lipinski definition) is 1. The Bertz CT molecular complexity index is 337. The van der Waals surface area contributed by atoms with Crippen molar-refractivity contribution in [1.29, 1.82) is 0 Å². The molecule has 0 aliphatic heterocycles. The van der Waals surface area contributed by atoms with E-state index in [1.54, 1.807) is 4.90 Å². The third kappa shape index (κ3) is 4.19. The van der Waals surface area contributed by atoms with E-state index in [-0.39, 0.29) is 18.4 Å². The zero-order chi connectivity index (χ0) is 12.7. The van der Waals surface area contributed by atoms with Gasteiger partial charge in [0.05, 0.1) is 6.61 Å². The van der Waals surface area contributed by atoms with E-state index in [4.69, 9.17) is 5.11 Å². The topological polar surface area (TPSA) is 40.5 Å². The second-order valence-corrected chi connectivity index (χ2v) is 4.28. The van der Waals surface area contributed by atoms with Crippen LogP contribution in [-0.4, -0.2) is 29.1 Å². The quantitative estimate of drug-likeness (QED) is 0.820. The summed E-state index contributed by atoms with van der Waals surface area (Å²) in [5.41, 5.74) is 1.10. The van der Waals surface area contributed by atoms with Crippen molar-refractivity contribution in [2.45, 2.75) is 26.8 Å². The van der Waals surface area contributed by atoms with Crippen molar-refractivity contribution in [1.82, 2.24) is 4.90 Å². The van der Waals surface area contributed by atoms with Crippen LogP contribution >= 0.6 is 0 Å². The maximum absolute atomic E-state index is 12.1. The molecule has 0 heterocycles. The van der Waals surface area contributed by atoms with Crippen molar-refractivity contribution in [2.24, 2.45) is 5.92 Å². The lowest BCUT2D eigenvalue weighted by atomic mass is 10.1. The van der Waals surface area contributed by atoms with Crippen LogP contribution < -0.4 is 0 Å². The molecule has 1 amide bonds. The van der Waals surface area contributed by atoms with E-state index in [1.807, 2.05) is 44.2 Å². The fraction of sp³-hybridized carbons (Fsp3) is 0.500. The van der Waals surface area contributed by atoms with Gasteiger partial charge in [-0.1, -0.05) is 44.2 Å². The largest absolute Gasteiger partial charge is 0.395 e. The van der Waals surface area contributed by atoms with Gasteiger partial charge in [0.1, 0.15) is 0 Å². The van der Waals surface area contributed by atoms with Gasteiger partial charge in [-0.25, -0.2) is 0 Å². The number of rotatable bonds is 6. The Kier molecular flexibility index (Phi) is 5.70. The van der Waals surface area contributed by atoms with E-state index in [9.17, 15) is 4.79 Å². The number of nitrogens with zero attached hydrogens (tertiary/aromatic N) is 1. The molecule has 0 aliphatic carbocycles. The zero-order valence-electron chi connectivity index (χ0n) is 10.6. The van der Waals surface area contributed by atoms with Crippen molar-refractivity contribution < 1.29 is 9.90 Å². The summed E-state index contributed by atoms with van der Waals surface area (Å²) in [5, 5.41) is 9.02. The van der Waals surface area contributed by atoms with Gasteiger partial charge >= 0.3 is 0 Å². The summed E-state index contributed by atoms with van der Waals surface area (Å²) in [5.74, 6) is 0.135. The van der Waals surface area contributed by atoms with Crippen LogP contribution in [0, 0.1) is 5.92 Å². The predicted octanol–water partition coefficient (Wildman–Crippen LogP) is 2.05. The van der Waals surface area contributed by atoms with Crippen molar-refractivity contribution in [3.05, 3.63) is 35.9 Å². The molecule has 3 nitrogen and oxygen atoms in total. The standard InChI is InChI=1S/C14H21NO2/c1-3-12(2)14(17)15(9-10-16)11-13-7-5-4-6-8-13/h4-8,12,16H,3,9-11H2,1-2H3/t12-/m1/s1. The molecule has 0 saturated heterocycles. The minimum Gasteiger partial charge on any atom is -0.395 e. The first-order valence-electron chi connectivity index (χ1n) is 6.12. The summed E-state index contributed by atoms with van der Waals surface area (Å²) in [6.45, 7) is 4.91. The zero-order valence-corrected chi connectivity index (χ0v) is 10.6. The first kappa shape index (κ1) is 13.7. The first-order valence-corrected chi connectivity index (χ1v) is 6.12. The summed E-state index contributed by atoms with van der Waals surface area (Å²) in [7, 11) is 0. The molecule has 1 atom stereocenters. The Labute approximate surface area is 103 Å². The van der Waals surface area contributed by atoms with E-state index in [0.29, 0.717) is 13.1 Å². The second-order valence-electron chi connectivity index (χ2n) is 4.28. The third-order valence-electron chi connectivity index (χ3n) is 2.93. The van der Waals surface area contributed by atoms with E-state index in [1.165, 1.54) is 0 Å². The lowest BCUT2D eigenvalue weighted by Crippen LogP contribution is -2.36. The highest BCUT2D eigenvalue weighted by molar-refractivity contribution is 5.78. The Balaban J connectivity index is 2.69. The van der Waals surface area contributed by atoms with Gasteiger partial charge in [0.2, 0.25) is 5.91 Å². The van der Waals surface area contributed by atoms with Crippen LogP contribution in [0.25, 0.3) is 0 Å². The number of carbonyl (C=O) groups is 1. The molecule has 0 radical (unpaired) electrons. The molecule has 1 aromatic carbocycles. The van der Waals surface area contributed by atoms with Gasteiger partial charge in [0, 0.05) is 19.0 Å². The Hall–Kier alpha value is -1.35. The van der Waals surface area contributed by atoms with Crippen molar-refractivity contribution >= 4 is 5.91 Å². The van der Waals surface area contributed by atoms with Gasteiger partial charge in [0.15, 0.2) is 0 Å². The van der Waals surface area contributed by atoms with Gasteiger partial charge in [-0.3, -0.25) is 4.79 Å². The Morgan fingerprint density at radius 3 is 2.53 bits per heavy atom. The molecule has 0 spiro atoms. The van der Waals surface area contributed by atoms with Gasteiger partial charge in [-0.05, 0) is 12.0 Å². The van der Waals surface area contributed by atoms with Crippen molar-refractivity contribution in [2.75, 3.05) is 13.2 Å². The highest BCUT2D eigenvalue weighted by atomic mass is 16.3. The lowest BCUT2D eigenvalue weighted by Gasteiger charge is -2.24. The van der Waals surface area contributed by atoms with E-state index < -0.39 is 0 Å². The van der Waals surface area contributed by atoms with Crippen LogP contribution in [0.5, 0.6) is 0 Å². The minimum atomic E-state index is 0.00894. The smallest absolute Gasteiger partial charge is 0.225 e. The molecule has 0 fully saturated rings. The molecular weight excluding hydrogens is 214 g/mol. The predicted molar refractivity (Wildman–Crippen MR) is 68.4 cm³/mol. The molecule has 3 heteroatoms. The van der Waals surface area contributed by atoms with Crippen LogP contribution in [0.4, 0.5) is 0 Å². The summed E-state index contributed by atoms with van der Waals surface area (Å²) in [6, 6.07) is 9.86. The summed E-state index contributed by atoms with van der Waals surface area (Å²) in [4.78, 5) is 13.8. The van der Waals surface area contributed by atoms with Crippen LogP contribution in [0.3, 0.4) is 0 Å². The minimum absolute atomic E-state index is 0.00894. The van der Waals surface area contributed by atoms with Crippen LogP contribution in [0.1, 0.15) is 25.8 Å². The third-order valence-corrected chi connectivity index (χ3v) is 2.93. The molecule has 0 saturated carbocycles. The number of aliphatic hydroxyl groups is 1. The second kappa shape index (κ2) is 7.07. The highest BCUT2D eigenvalue weighted by Gasteiger charge is 2.18. The molecule has 0 aromatic heterocycles. The van der Waals surface area contributed by atoms with Gasteiger partial charge in [-0.15, -0.1) is 0 Å².